The van der Waals surface area contributed by atoms with E-state index < -0.39 is 0 Å². The van der Waals surface area contributed by atoms with Crippen LogP contribution in [0, 0.1) is 5.41 Å². The van der Waals surface area contributed by atoms with Crippen molar-refractivity contribution in [3.05, 3.63) is 29.8 Å². The largest absolute Gasteiger partial charge is 0.497 e. The number of ether oxygens (including phenoxy) is 1. The zero-order valence-corrected chi connectivity index (χ0v) is 12.2. The SMILES string of the molecule is COc1cccc(C(C)(C)CNCC2(CO)CC2)c1. The lowest BCUT2D eigenvalue weighted by atomic mass is 9.84. The second-order valence-corrected chi connectivity index (χ2v) is 6.38. The maximum atomic E-state index is 9.31. The van der Waals surface area contributed by atoms with Crippen molar-refractivity contribution in [2.24, 2.45) is 5.41 Å². The van der Waals surface area contributed by atoms with Crippen molar-refractivity contribution in [2.45, 2.75) is 32.1 Å². The highest BCUT2D eigenvalue weighted by atomic mass is 16.5. The Labute approximate surface area is 116 Å². The predicted octanol–water partition coefficient (Wildman–Crippen LogP) is 2.33. The highest BCUT2D eigenvalue weighted by Crippen LogP contribution is 2.44. The predicted molar refractivity (Wildman–Crippen MR) is 77.6 cm³/mol. The Morgan fingerprint density at radius 1 is 1.37 bits per heavy atom. The number of methoxy groups -OCH3 is 1. The third kappa shape index (κ3) is 3.48. The summed E-state index contributed by atoms with van der Waals surface area (Å²) < 4.78 is 5.28. The van der Waals surface area contributed by atoms with Crippen molar-refractivity contribution in [2.75, 3.05) is 26.8 Å². The molecule has 0 bridgehead atoms. The molecule has 1 fully saturated rings. The van der Waals surface area contributed by atoms with Crippen molar-refractivity contribution in [1.29, 1.82) is 0 Å². The Bertz CT molecular complexity index is 425. The summed E-state index contributed by atoms with van der Waals surface area (Å²) in [7, 11) is 1.70. The van der Waals surface area contributed by atoms with Crippen molar-refractivity contribution < 1.29 is 9.84 Å². The number of aliphatic hydroxyl groups is 1. The number of nitrogens with one attached hydrogen (secondary N) is 1. The van der Waals surface area contributed by atoms with Gasteiger partial charge in [0.1, 0.15) is 5.75 Å². The third-order valence-corrected chi connectivity index (χ3v) is 4.21. The molecule has 0 radical (unpaired) electrons. The Morgan fingerprint density at radius 3 is 2.68 bits per heavy atom. The maximum Gasteiger partial charge on any atom is 0.119 e. The van der Waals surface area contributed by atoms with Gasteiger partial charge in [0.25, 0.3) is 0 Å². The number of rotatable bonds is 7. The average molecular weight is 263 g/mol. The van der Waals surface area contributed by atoms with Crippen molar-refractivity contribution >= 4 is 0 Å². The molecule has 3 heteroatoms. The quantitative estimate of drug-likeness (QED) is 0.793. The van der Waals surface area contributed by atoms with E-state index in [9.17, 15) is 5.11 Å². The van der Waals surface area contributed by atoms with E-state index in [4.69, 9.17) is 4.74 Å². The molecule has 0 saturated heterocycles. The van der Waals surface area contributed by atoms with Crippen molar-refractivity contribution in [1.82, 2.24) is 5.32 Å². The molecule has 1 aromatic rings. The molecule has 0 spiro atoms. The lowest BCUT2D eigenvalue weighted by molar-refractivity contribution is 0.205. The molecule has 1 aliphatic carbocycles. The van der Waals surface area contributed by atoms with Gasteiger partial charge in [-0.25, -0.2) is 0 Å². The highest BCUT2D eigenvalue weighted by molar-refractivity contribution is 5.33. The Morgan fingerprint density at radius 2 is 2.11 bits per heavy atom. The summed E-state index contributed by atoms with van der Waals surface area (Å²) in [5.41, 5.74) is 1.50. The molecule has 1 saturated carbocycles. The molecule has 3 nitrogen and oxygen atoms in total. The average Bonchev–Trinajstić information content (AvgIpc) is 3.19. The minimum atomic E-state index is 0.0556. The molecular formula is C16H25NO2. The lowest BCUT2D eigenvalue weighted by Gasteiger charge is -2.27. The van der Waals surface area contributed by atoms with Gasteiger partial charge in [0, 0.05) is 30.5 Å². The minimum Gasteiger partial charge on any atom is -0.497 e. The van der Waals surface area contributed by atoms with E-state index >= 15 is 0 Å². The first kappa shape index (κ1) is 14.4. The molecule has 0 atom stereocenters. The molecular weight excluding hydrogens is 238 g/mol. The summed E-state index contributed by atoms with van der Waals surface area (Å²) in [5, 5.41) is 12.8. The van der Waals surface area contributed by atoms with Crippen LogP contribution in [-0.4, -0.2) is 31.9 Å². The van der Waals surface area contributed by atoms with Crippen LogP contribution in [0.2, 0.25) is 0 Å². The summed E-state index contributed by atoms with van der Waals surface area (Å²) in [6, 6.07) is 8.24. The number of hydrogen-bond acceptors (Lipinski definition) is 3. The molecule has 106 valence electrons. The first-order valence-electron chi connectivity index (χ1n) is 6.97. The fourth-order valence-electron chi connectivity index (χ4n) is 2.35. The smallest absolute Gasteiger partial charge is 0.119 e. The molecule has 1 aliphatic rings. The monoisotopic (exact) mass is 263 g/mol. The molecule has 0 heterocycles. The molecule has 19 heavy (non-hydrogen) atoms. The van der Waals surface area contributed by atoms with Crippen LogP contribution in [0.3, 0.4) is 0 Å². The van der Waals surface area contributed by atoms with E-state index in [-0.39, 0.29) is 10.8 Å². The molecule has 2 rings (SSSR count). The molecule has 0 unspecified atom stereocenters. The Hall–Kier alpha value is -1.06. The van der Waals surface area contributed by atoms with E-state index in [0.29, 0.717) is 6.61 Å². The highest BCUT2D eigenvalue weighted by Gasteiger charge is 2.41. The second kappa shape index (κ2) is 5.51. The van der Waals surface area contributed by atoms with Crippen LogP contribution in [0.25, 0.3) is 0 Å². The first-order valence-corrected chi connectivity index (χ1v) is 6.97. The van der Waals surface area contributed by atoms with Gasteiger partial charge in [0.15, 0.2) is 0 Å². The van der Waals surface area contributed by atoms with E-state index in [2.05, 4.69) is 31.3 Å². The minimum absolute atomic E-state index is 0.0556. The van der Waals surface area contributed by atoms with E-state index in [0.717, 1.165) is 31.7 Å². The number of benzene rings is 1. The van der Waals surface area contributed by atoms with Gasteiger partial charge in [-0.2, -0.15) is 0 Å². The van der Waals surface area contributed by atoms with Gasteiger partial charge in [-0.05, 0) is 30.5 Å². The molecule has 0 aromatic heterocycles. The summed E-state index contributed by atoms with van der Waals surface area (Å²) >= 11 is 0. The normalized spacial score (nSPS) is 17.3. The summed E-state index contributed by atoms with van der Waals surface area (Å²) in [4.78, 5) is 0. The molecule has 0 amide bonds. The summed E-state index contributed by atoms with van der Waals surface area (Å²) in [6.45, 7) is 6.58. The van der Waals surface area contributed by atoms with Crippen LogP contribution in [0.1, 0.15) is 32.3 Å². The van der Waals surface area contributed by atoms with E-state index in [1.807, 2.05) is 12.1 Å². The van der Waals surface area contributed by atoms with E-state index in [1.165, 1.54) is 5.56 Å². The fraction of sp³-hybridized carbons (Fsp3) is 0.625. The van der Waals surface area contributed by atoms with Gasteiger partial charge < -0.3 is 15.2 Å². The Kier molecular flexibility index (Phi) is 4.16. The van der Waals surface area contributed by atoms with Gasteiger partial charge in [0.05, 0.1) is 7.11 Å². The van der Waals surface area contributed by atoms with Crippen LogP contribution in [0.4, 0.5) is 0 Å². The van der Waals surface area contributed by atoms with Crippen LogP contribution >= 0.6 is 0 Å². The molecule has 1 aromatic carbocycles. The van der Waals surface area contributed by atoms with Gasteiger partial charge >= 0.3 is 0 Å². The summed E-state index contributed by atoms with van der Waals surface area (Å²) in [5.74, 6) is 0.902. The van der Waals surface area contributed by atoms with Crippen LogP contribution in [0.15, 0.2) is 24.3 Å². The lowest BCUT2D eigenvalue weighted by Crippen LogP contribution is -2.37. The second-order valence-electron chi connectivity index (χ2n) is 6.38. The van der Waals surface area contributed by atoms with Crippen molar-refractivity contribution in [3.63, 3.8) is 0 Å². The van der Waals surface area contributed by atoms with Gasteiger partial charge in [-0.3, -0.25) is 0 Å². The van der Waals surface area contributed by atoms with Crippen LogP contribution in [0.5, 0.6) is 5.75 Å². The van der Waals surface area contributed by atoms with E-state index in [1.54, 1.807) is 7.11 Å². The van der Waals surface area contributed by atoms with Gasteiger partial charge in [-0.1, -0.05) is 26.0 Å². The van der Waals surface area contributed by atoms with Gasteiger partial charge in [0.2, 0.25) is 0 Å². The fourth-order valence-corrected chi connectivity index (χ4v) is 2.35. The number of aliphatic hydroxyl groups excluding tert-OH is 1. The maximum absolute atomic E-state index is 9.31. The zero-order valence-electron chi connectivity index (χ0n) is 12.2. The third-order valence-electron chi connectivity index (χ3n) is 4.21. The standard InChI is InChI=1S/C16H25NO2/c1-15(2,10-17-11-16(12-18)7-8-16)13-5-4-6-14(9-13)19-3/h4-6,9,17-18H,7-8,10-12H2,1-3H3. The number of hydrogen-bond donors (Lipinski definition) is 2. The van der Waals surface area contributed by atoms with Gasteiger partial charge in [-0.15, -0.1) is 0 Å². The van der Waals surface area contributed by atoms with Crippen LogP contribution < -0.4 is 10.1 Å². The molecule has 0 aliphatic heterocycles. The molecule has 2 N–H and O–H groups in total. The van der Waals surface area contributed by atoms with Crippen molar-refractivity contribution in [3.8, 4) is 5.75 Å². The summed E-state index contributed by atoms with van der Waals surface area (Å²) in [6.07, 6.45) is 2.30. The Balaban J connectivity index is 1.93. The topological polar surface area (TPSA) is 41.5 Å². The zero-order chi connectivity index (χ0) is 13.9. The first-order chi connectivity index (χ1) is 9.01. The van der Waals surface area contributed by atoms with Crippen LogP contribution in [-0.2, 0) is 5.41 Å².